The lowest BCUT2D eigenvalue weighted by Crippen LogP contribution is -2.13. The molecule has 1 aromatic heterocycles. The summed E-state index contributed by atoms with van der Waals surface area (Å²) in [5.41, 5.74) is 0.448. The molecule has 2 rings (SSSR count). The number of nitrogens with one attached hydrogen (secondary N) is 1. The van der Waals surface area contributed by atoms with Gasteiger partial charge >= 0.3 is 0 Å². The first-order valence-corrected chi connectivity index (χ1v) is 7.96. The first-order valence-electron chi connectivity index (χ1n) is 5.68. The number of anilines is 1. The Kier molecular flexibility index (Phi) is 4.24. The number of sulfonamides is 1. The fourth-order valence-corrected chi connectivity index (χ4v) is 3.19. The maximum absolute atomic E-state index is 12.3. The van der Waals surface area contributed by atoms with Crippen molar-refractivity contribution in [1.82, 2.24) is 4.98 Å². The smallest absolute Gasteiger partial charge is 0.273 e. The van der Waals surface area contributed by atoms with E-state index in [0.717, 1.165) is 6.07 Å². The number of nitrogens with zero attached hydrogens (tertiary/aromatic N) is 2. The molecule has 21 heavy (non-hydrogen) atoms. The van der Waals surface area contributed by atoms with Crippen LogP contribution in [0.25, 0.3) is 0 Å². The van der Waals surface area contributed by atoms with Crippen molar-refractivity contribution >= 4 is 37.3 Å². The van der Waals surface area contributed by atoms with Crippen molar-refractivity contribution in [2.75, 3.05) is 4.72 Å². The third-order valence-electron chi connectivity index (χ3n) is 2.70. The average molecular weight is 372 g/mol. The van der Waals surface area contributed by atoms with Gasteiger partial charge in [0.25, 0.3) is 15.7 Å². The van der Waals surface area contributed by atoms with Crippen LogP contribution in [0.15, 0.2) is 46.0 Å². The van der Waals surface area contributed by atoms with Crippen LogP contribution >= 0.6 is 15.9 Å². The molecule has 110 valence electrons. The third kappa shape index (κ3) is 3.37. The third-order valence-corrected chi connectivity index (χ3v) is 4.70. The zero-order chi connectivity index (χ0) is 15.6. The van der Waals surface area contributed by atoms with Crippen LogP contribution in [0.1, 0.15) is 5.56 Å². The van der Waals surface area contributed by atoms with Gasteiger partial charge in [-0.1, -0.05) is 6.07 Å². The highest BCUT2D eigenvalue weighted by molar-refractivity contribution is 9.10. The molecule has 0 saturated carbocycles. The standard InChI is InChI=1S/C12H10BrN3O4S/c1-8-2-3-9(6-12(8)16(17)18)21(19,20)15-11-4-5-14-7-10(11)13/h2-7H,1H3,(H,14,15). The molecule has 0 saturated heterocycles. The topological polar surface area (TPSA) is 102 Å². The molecule has 1 heterocycles. The van der Waals surface area contributed by atoms with Gasteiger partial charge in [-0.15, -0.1) is 0 Å². The number of aryl methyl sites for hydroxylation is 1. The summed E-state index contributed by atoms with van der Waals surface area (Å²) >= 11 is 3.17. The van der Waals surface area contributed by atoms with E-state index in [4.69, 9.17) is 0 Å². The molecule has 1 aromatic carbocycles. The summed E-state index contributed by atoms with van der Waals surface area (Å²) in [6, 6.07) is 5.23. The van der Waals surface area contributed by atoms with Crippen LogP contribution in [0.2, 0.25) is 0 Å². The van der Waals surface area contributed by atoms with E-state index in [-0.39, 0.29) is 10.6 Å². The number of hydrogen-bond acceptors (Lipinski definition) is 5. The summed E-state index contributed by atoms with van der Waals surface area (Å²) < 4.78 is 27.3. The van der Waals surface area contributed by atoms with Gasteiger partial charge in [-0.2, -0.15) is 0 Å². The monoisotopic (exact) mass is 371 g/mol. The van der Waals surface area contributed by atoms with Gasteiger partial charge in [0.05, 0.1) is 20.0 Å². The predicted molar refractivity (Wildman–Crippen MR) is 80.6 cm³/mol. The van der Waals surface area contributed by atoms with E-state index in [1.165, 1.54) is 30.6 Å². The SMILES string of the molecule is Cc1ccc(S(=O)(=O)Nc2ccncc2Br)cc1[N+](=O)[O-]. The summed E-state index contributed by atoms with van der Waals surface area (Å²) in [7, 11) is -3.92. The van der Waals surface area contributed by atoms with Gasteiger partial charge in [0.2, 0.25) is 0 Å². The normalized spacial score (nSPS) is 11.1. The molecule has 2 aromatic rings. The predicted octanol–water partition coefficient (Wildman–Crippen LogP) is 2.86. The molecule has 0 fully saturated rings. The first kappa shape index (κ1) is 15.4. The fraction of sp³-hybridized carbons (Fsp3) is 0.0833. The van der Waals surface area contributed by atoms with Crippen LogP contribution < -0.4 is 4.72 Å². The second-order valence-corrected chi connectivity index (χ2v) is 6.70. The molecule has 0 radical (unpaired) electrons. The highest BCUT2D eigenvalue weighted by atomic mass is 79.9. The number of nitro groups is 1. The van der Waals surface area contributed by atoms with E-state index >= 15 is 0 Å². The van der Waals surface area contributed by atoms with Gasteiger partial charge in [-0.25, -0.2) is 8.42 Å². The molecular formula is C12H10BrN3O4S. The quantitative estimate of drug-likeness (QED) is 0.657. The van der Waals surface area contributed by atoms with Crippen LogP contribution in [0, 0.1) is 17.0 Å². The number of nitro benzene ring substituents is 1. The Hall–Kier alpha value is -2.00. The molecule has 0 atom stereocenters. The number of rotatable bonds is 4. The fourth-order valence-electron chi connectivity index (χ4n) is 1.61. The summed E-state index contributed by atoms with van der Waals surface area (Å²) in [6.07, 6.45) is 2.87. The van der Waals surface area contributed by atoms with Gasteiger partial charge in [-0.05, 0) is 35.0 Å². The summed E-state index contributed by atoms with van der Waals surface area (Å²) in [5.74, 6) is 0. The Balaban J connectivity index is 2.43. The van der Waals surface area contributed by atoms with Crippen LogP contribution in [-0.4, -0.2) is 18.3 Å². The van der Waals surface area contributed by atoms with Gasteiger partial charge in [0, 0.05) is 24.0 Å². The van der Waals surface area contributed by atoms with Crippen molar-refractivity contribution in [3.63, 3.8) is 0 Å². The minimum atomic E-state index is -3.92. The Morgan fingerprint density at radius 1 is 1.33 bits per heavy atom. The largest absolute Gasteiger partial charge is 0.278 e. The van der Waals surface area contributed by atoms with E-state index in [1.807, 2.05) is 0 Å². The maximum Gasteiger partial charge on any atom is 0.273 e. The van der Waals surface area contributed by atoms with Crippen molar-refractivity contribution < 1.29 is 13.3 Å². The lowest BCUT2D eigenvalue weighted by molar-refractivity contribution is -0.385. The lowest BCUT2D eigenvalue weighted by atomic mass is 10.2. The molecular weight excluding hydrogens is 362 g/mol. The highest BCUT2D eigenvalue weighted by Gasteiger charge is 2.20. The van der Waals surface area contributed by atoms with Crippen molar-refractivity contribution in [3.8, 4) is 0 Å². The van der Waals surface area contributed by atoms with Crippen LogP contribution in [0.3, 0.4) is 0 Å². The summed E-state index contributed by atoms with van der Waals surface area (Å²) in [5, 5.41) is 10.9. The number of pyridine rings is 1. The second-order valence-electron chi connectivity index (χ2n) is 4.17. The number of benzene rings is 1. The number of hydrogen-bond donors (Lipinski definition) is 1. The van der Waals surface area contributed by atoms with E-state index in [0.29, 0.717) is 15.7 Å². The molecule has 7 nitrogen and oxygen atoms in total. The molecule has 0 spiro atoms. The molecule has 0 unspecified atom stereocenters. The number of aromatic nitrogens is 1. The first-order chi connectivity index (χ1) is 9.81. The lowest BCUT2D eigenvalue weighted by Gasteiger charge is -2.09. The average Bonchev–Trinajstić information content (AvgIpc) is 2.41. The molecule has 1 N–H and O–H groups in total. The molecule has 0 aliphatic carbocycles. The molecule has 0 aliphatic heterocycles. The molecule has 0 aliphatic rings. The minimum Gasteiger partial charge on any atom is -0.278 e. The minimum absolute atomic E-state index is 0.177. The molecule has 0 bridgehead atoms. The van der Waals surface area contributed by atoms with Crippen molar-refractivity contribution in [1.29, 1.82) is 0 Å². The van der Waals surface area contributed by atoms with Crippen molar-refractivity contribution in [2.24, 2.45) is 0 Å². The van der Waals surface area contributed by atoms with E-state index in [1.54, 1.807) is 6.92 Å². The number of halogens is 1. The zero-order valence-corrected chi connectivity index (χ0v) is 13.2. The zero-order valence-electron chi connectivity index (χ0n) is 10.8. The van der Waals surface area contributed by atoms with E-state index in [9.17, 15) is 18.5 Å². The van der Waals surface area contributed by atoms with Gasteiger partial charge in [0.1, 0.15) is 0 Å². The molecule has 9 heteroatoms. The summed E-state index contributed by atoms with van der Waals surface area (Å²) in [6.45, 7) is 1.54. The van der Waals surface area contributed by atoms with E-state index in [2.05, 4.69) is 25.6 Å². The van der Waals surface area contributed by atoms with Gasteiger partial charge in [-0.3, -0.25) is 19.8 Å². The summed E-state index contributed by atoms with van der Waals surface area (Å²) in [4.78, 5) is 13.9. The highest BCUT2D eigenvalue weighted by Crippen LogP contribution is 2.26. The van der Waals surface area contributed by atoms with E-state index < -0.39 is 14.9 Å². The van der Waals surface area contributed by atoms with Gasteiger partial charge in [0.15, 0.2) is 0 Å². The molecule has 0 amide bonds. The Morgan fingerprint density at radius 3 is 2.67 bits per heavy atom. The van der Waals surface area contributed by atoms with Crippen molar-refractivity contribution in [3.05, 3.63) is 56.8 Å². The van der Waals surface area contributed by atoms with Crippen LogP contribution in [0.5, 0.6) is 0 Å². The Bertz CT molecular complexity index is 808. The maximum atomic E-state index is 12.3. The van der Waals surface area contributed by atoms with Crippen molar-refractivity contribution in [2.45, 2.75) is 11.8 Å². The Morgan fingerprint density at radius 2 is 2.05 bits per heavy atom. The van der Waals surface area contributed by atoms with Crippen LogP contribution in [-0.2, 0) is 10.0 Å². The van der Waals surface area contributed by atoms with Gasteiger partial charge < -0.3 is 0 Å². The Labute approximate surface area is 129 Å². The van der Waals surface area contributed by atoms with Crippen LogP contribution in [0.4, 0.5) is 11.4 Å². The second kappa shape index (κ2) is 5.78.